The van der Waals surface area contributed by atoms with Crippen LogP contribution < -0.4 is 5.32 Å². The normalized spacial score (nSPS) is 10.8. The highest BCUT2D eigenvalue weighted by Crippen LogP contribution is 2.37. The van der Waals surface area contributed by atoms with E-state index in [1.54, 1.807) is 0 Å². The van der Waals surface area contributed by atoms with Gasteiger partial charge in [0.2, 0.25) is 0 Å². The predicted molar refractivity (Wildman–Crippen MR) is 116 cm³/mol. The molecule has 3 nitrogen and oxygen atoms in total. The van der Waals surface area contributed by atoms with Crippen molar-refractivity contribution in [1.82, 2.24) is 5.16 Å². The summed E-state index contributed by atoms with van der Waals surface area (Å²) < 4.78 is 5.81. The van der Waals surface area contributed by atoms with Crippen LogP contribution in [0.25, 0.3) is 22.6 Å². The summed E-state index contributed by atoms with van der Waals surface area (Å²) in [6.45, 7) is 4.70. The van der Waals surface area contributed by atoms with Crippen LogP contribution in [-0.4, -0.2) is 5.16 Å². The number of benzene rings is 3. The van der Waals surface area contributed by atoms with Gasteiger partial charge in [-0.3, -0.25) is 0 Å². The van der Waals surface area contributed by atoms with Crippen LogP contribution in [0.15, 0.2) is 77.3 Å². The number of hydrogen-bond acceptors (Lipinski definition) is 3. The van der Waals surface area contributed by atoms with E-state index < -0.39 is 0 Å². The fourth-order valence-corrected chi connectivity index (χ4v) is 3.59. The molecule has 1 heterocycles. The van der Waals surface area contributed by atoms with Crippen molar-refractivity contribution in [1.29, 1.82) is 0 Å². The second kappa shape index (κ2) is 7.91. The van der Waals surface area contributed by atoms with Crippen molar-refractivity contribution in [3.63, 3.8) is 0 Å². The van der Waals surface area contributed by atoms with E-state index in [9.17, 15) is 0 Å². The van der Waals surface area contributed by atoms with Gasteiger partial charge in [-0.05, 0) is 37.6 Å². The van der Waals surface area contributed by atoms with Crippen LogP contribution in [0.2, 0.25) is 5.02 Å². The first-order valence-corrected chi connectivity index (χ1v) is 9.61. The Labute approximate surface area is 170 Å². The zero-order valence-corrected chi connectivity index (χ0v) is 16.6. The van der Waals surface area contributed by atoms with Crippen molar-refractivity contribution >= 4 is 17.3 Å². The lowest BCUT2D eigenvalue weighted by Gasteiger charge is -2.11. The van der Waals surface area contributed by atoms with Crippen molar-refractivity contribution in [3.8, 4) is 22.6 Å². The van der Waals surface area contributed by atoms with E-state index >= 15 is 0 Å². The van der Waals surface area contributed by atoms with Crippen LogP contribution in [-0.2, 0) is 6.54 Å². The van der Waals surface area contributed by atoms with Crippen LogP contribution in [0.4, 0.5) is 5.69 Å². The van der Waals surface area contributed by atoms with Crippen LogP contribution in [0.1, 0.15) is 16.7 Å². The standard InChI is InChI=1S/C24H21ClN2O/c1-16-11-13-19(14-12-16)26-15-20-23(22-17(2)7-6-10-21(22)25)27-28-24(20)18-8-4-3-5-9-18/h3-14,26H,15H2,1-2H3. The van der Waals surface area contributed by atoms with Gasteiger partial charge in [0, 0.05) is 28.9 Å². The SMILES string of the molecule is Cc1ccc(NCc2c(-c3c(C)cccc3Cl)noc2-c2ccccc2)cc1. The smallest absolute Gasteiger partial charge is 0.172 e. The predicted octanol–water partition coefficient (Wildman–Crippen LogP) is 6.89. The molecule has 0 unspecified atom stereocenters. The van der Waals surface area contributed by atoms with Gasteiger partial charge >= 0.3 is 0 Å². The first kappa shape index (κ1) is 18.3. The van der Waals surface area contributed by atoms with Crippen LogP contribution in [0.3, 0.4) is 0 Å². The highest BCUT2D eigenvalue weighted by molar-refractivity contribution is 6.33. The van der Waals surface area contributed by atoms with E-state index in [4.69, 9.17) is 16.1 Å². The molecule has 0 aliphatic rings. The van der Waals surface area contributed by atoms with Gasteiger partial charge in [-0.15, -0.1) is 0 Å². The van der Waals surface area contributed by atoms with E-state index in [1.807, 2.05) is 55.5 Å². The topological polar surface area (TPSA) is 38.1 Å². The molecule has 0 amide bonds. The molecule has 1 aromatic heterocycles. The minimum absolute atomic E-state index is 0.580. The number of rotatable bonds is 5. The fraction of sp³-hybridized carbons (Fsp3) is 0.125. The van der Waals surface area contributed by atoms with Gasteiger partial charge in [0.1, 0.15) is 5.69 Å². The maximum Gasteiger partial charge on any atom is 0.172 e. The second-order valence-corrected chi connectivity index (χ2v) is 7.26. The molecule has 0 saturated heterocycles. The molecule has 0 aliphatic carbocycles. The number of anilines is 1. The number of halogens is 1. The molecular formula is C24H21ClN2O. The molecule has 0 fully saturated rings. The summed E-state index contributed by atoms with van der Waals surface area (Å²) >= 11 is 6.52. The van der Waals surface area contributed by atoms with Crippen LogP contribution in [0, 0.1) is 13.8 Å². The van der Waals surface area contributed by atoms with Crippen LogP contribution >= 0.6 is 11.6 Å². The molecule has 1 N–H and O–H groups in total. The summed E-state index contributed by atoms with van der Waals surface area (Å²) in [5.41, 5.74) is 7.02. The van der Waals surface area contributed by atoms with Gasteiger partial charge in [0.05, 0.1) is 5.02 Å². The zero-order chi connectivity index (χ0) is 19.5. The lowest BCUT2D eigenvalue weighted by Crippen LogP contribution is -2.02. The van der Waals surface area contributed by atoms with Crippen molar-refractivity contribution < 1.29 is 4.52 Å². The molecule has 0 atom stereocenters. The Morgan fingerprint density at radius 2 is 1.64 bits per heavy atom. The maximum atomic E-state index is 6.52. The number of hydrogen-bond donors (Lipinski definition) is 1. The Bertz CT molecular complexity index is 1070. The van der Waals surface area contributed by atoms with Crippen molar-refractivity contribution in [2.24, 2.45) is 0 Å². The molecule has 4 aromatic rings. The summed E-state index contributed by atoms with van der Waals surface area (Å²) in [5, 5.41) is 8.57. The quantitative estimate of drug-likeness (QED) is 0.404. The molecule has 0 radical (unpaired) electrons. The summed E-state index contributed by atoms with van der Waals surface area (Å²) in [7, 11) is 0. The Balaban J connectivity index is 1.78. The molecule has 3 aromatic carbocycles. The Kier molecular flexibility index (Phi) is 5.18. The largest absolute Gasteiger partial charge is 0.381 e. The molecular weight excluding hydrogens is 368 g/mol. The highest BCUT2D eigenvalue weighted by Gasteiger charge is 2.21. The lowest BCUT2D eigenvalue weighted by atomic mass is 9.99. The average Bonchev–Trinajstić information content (AvgIpc) is 3.12. The third-order valence-electron chi connectivity index (χ3n) is 4.80. The van der Waals surface area contributed by atoms with E-state index in [0.717, 1.165) is 39.4 Å². The van der Waals surface area contributed by atoms with Crippen molar-refractivity contribution in [2.75, 3.05) is 5.32 Å². The average molecular weight is 389 g/mol. The third kappa shape index (κ3) is 3.67. The second-order valence-electron chi connectivity index (χ2n) is 6.86. The molecule has 0 spiro atoms. The number of aromatic nitrogens is 1. The molecule has 140 valence electrons. The van der Waals surface area contributed by atoms with E-state index in [0.29, 0.717) is 11.6 Å². The Morgan fingerprint density at radius 1 is 0.893 bits per heavy atom. The zero-order valence-electron chi connectivity index (χ0n) is 15.9. The van der Waals surface area contributed by atoms with E-state index in [2.05, 4.69) is 41.7 Å². The lowest BCUT2D eigenvalue weighted by molar-refractivity contribution is 0.434. The Hall–Kier alpha value is -3.04. The van der Waals surface area contributed by atoms with Crippen molar-refractivity contribution in [2.45, 2.75) is 20.4 Å². The summed E-state index contributed by atoms with van der Waals surface area (Å²) in [4.78, 5) is 0. The van der Waals surface area contributed by atoms with Crippen molar-refractivity contribution in [3.05, 3.63) is 94.5 Å². The molecule has 4 heteroatoms. The maximum absolute atomic E-state index is 6.52. The van der Waals surface area contributed by atoms with Gasteiger partial charge in [-0.25, -0.2) is 0 Å². The first-order chi connectivity index (χ1) is 13.6. The van der Waals surface area contributed by atoms with Gasteiger partial charge in [-0.2, -0.15) is 0 Å². The molecule has 4 rings (SSSR count). The highest BCUT2D eigenvalue weighted by atomic mass is 35.5. The molecule has 28 heavy (non-hydrogen) atoms. The third-order valence-corrected chi connectivity index (χ3v) is 5.12. The van der Waals surface area contributed by atoms with Gasteiger partial charge in [-0.1, -0.05) is 76.9 Å². The minimum atomic E-state index is 0.580. The summed E-state index contributed by atoms with van der Waals surface area (Å²) in [6.07, 6.45) is 0. The molecule has 0 bridgehead atoms. The Morgan fingerprint density at radius 3 is 2.36 bits per heavy atom. The van der Waals surface area contributed by atoms with Gasteiger partial charge in [0.15, 0.2) is 5.76 Å². The number of nitrogens with one attached hydrogen (secondary N) is 1. The fourth-order valence-electron chi connectivity index (χ4n) is 3.28. The molecule has 0 aliphatic heterocycles. The monoisotopic (exact) mass is 388 g/mol. The van der Waals surface area contributed by atoms with Gasteiger partial charge in [0.25, 0.3) is 0 Å². The van der Waals surface area contributed by atoms with Gasteiger partial charge < -0.3 is 9.84 Å². The van der Waals surface area contributed by atoms with E-state index in [-0.39, 0.29) is 0 Å². The summed E-state index contributed by atoms with van der Waals surface area (Å²) in [6, 6.07) is 24.2. The number of nitrogens with zero attached hydrogens (tertiary/aromatic N) is 1. The molecule has 0 saturated carbocycles. The summed E-state index contributed by atoms with van der Waals surface area (Å²) in [5.74, 6) is 0.759. The minimum Gasteiger partial charge on any atom is -0.381 e. The first-order valence-electron chi connectivity index (χ1n) is 9.23. The number of aryl methyl sites for hydroxylation is 2. The van der Waals surface area contributed by atoms with E-state index in [1.165, 1.54) is 5.56 Å². The van der Waals surface area contributed by atoms with Crippen LogP contribution in [0.5, 0.6) is 0 Å².